The van der Waals surface area contributed by atoms with Crippen LogP contribution >= 0.6 is 11.3 Å². The van der Waals surface area contributed by atoms with Crippen LogP contribution in [0.5, 0.6) is 0 Å². The minimum absolute atomic E-state index is 0.150. The van der Waals surface area contributed by atoms with Crippen molar-refractivity contribution in [3.05, 3.63) is 23.2 Å². The average molecular weight is 297 g/mol. The molecule has 1 rings (SSSR count). The summed E-state index contributed by atoms with van der Waals surface area (Å²) in [5.41, 5.74) is 0.541. The molecule has 110 valence electrons. The third-order valence-electron chi connectivity index (χ3n) is 2.58. The fraction of sp³-hybridized carbons (Fsp3) is 0.462. The maximum Gasteiger partial charge on any atom is 0.350 e. The van der Waals surface area contributed by atoms with E-state index in [0.717, 1.165) is 11.3 Å². The van der Waals surface area contributed by atoms with Crippen molar-refractivity contribution in [2.24, 2.45) is 0 Å². The van der Waals surface area contributed by atoms with E-state index in [1.54, 1.807) is 11.8 Å². The van der Waals surface area contributed by atoms with Gasteiger partial charge >= 0.3 is 12.0 Å². The van der Waals surface area contributed by atoms with E-state index in [1.165, 1.54) is 6.08 Å². The average Bonchev–Trinajstić information content (AvgIpc) is 2.78. The van der Waals surface area contributed by atoms with Gasteiger partial charge in [0.15, 0.2) is 5.13 Å². The van der Waals surface area contributed by atoms with Gasteiger partial charge in [-0.15, -0.1) is 0 Å². The molecule has 0 saturated heterocycles. The van der Waals surface area contributed by atoms with Crippen LogP contribution in [-0.2, 0) is 4.74 Å². The number of nitrogens with zero attached hydrogens (tertiary/aromatic N) is 2. The highest BCUT2D eigenvalue weighted by molar-refractivity contribution is 7.17. The standard InChI is InChI=1S/C13H19N3O3S/c1-5-8-19-11(17)10-9(4)14-12(20-10)15-13(18)16(6-2)7-3/h5H,1,6-8H2,2-4H3,(H,14,15,18). The molecule has 0 atom stereocenters. The summed E-state index contributed by atoms with van der Waals surface area (Å²) in [6.45, 7) is 10.4. The normalized spacial score (nSPS) is 9.95. The van der Waals surface area contributed by atoms with E-state index < -0.39 is 5.97 Å². The number of nitrogens with one attached hydrogen (secondary N) is 1. The molecule has 0 bridgehead atoms. The predicted molar refractivity (Wildman–Crippen MR) is 79.3 cm³/mol. The lowest BCUT2D eigenvalue weighted by atomic mass is 10.4. The zero-order chi connectivity index (χ0) is 15.1. The fourth-order valence-electron chi connectivity index (χ4n) is 1.52. The molecular weight excluding hydrogens is 278 g/mol. The molecule has 1 N–H and O–H groups in total. The molecule has 0 spiro atoms. The molecule has 0 aliphatic carbocycles. The van der Waals surface area contributed by atoms with E-state index in [0.29, 0.717) is 28.8 Å². The molecule has 0 radical (unpaired) electrons. The van der Waals surface area contributed by atoms with Gasteiger partial charge in [0.05, 0.1) is 5.69 Å². The Morgan fingerprint density at radius 3 is 2.65 bits per heavy atom. The molecule has 1 heterocycles. The first-order valence-corrected chi connectivity index (χ1v) is 7.16. The number of aromatic nitrogens is 1. The highest BCUT2D eigenvalue weighted by Gasteiger charge is 2.18. The maximum atomic E-state index is 11.9. The third kappa shape index (κ3) is 4.06. The van der Waals surface area contributed by atoms with Crippen LogP contribution in [0.3, 0.4) is 0 Å². The minimum Gasteiger partial charge on any atom is -0.457 e. The van der Waals surface area contributed by atoms with Crippen LogP contribution in [0.25, 0.3) is 0 Å². The van der Waals surface area contributed by atoms with Crippen LogP contribution in [0.2, 0.25) is 0 Å². The predicted octanol–water partition coefficient (Wildman–Crippen LogP) is 2.67. The van der Waals surface area contributed by atoms with Crippen molar-refractivity contribution in [1.82, 2.24) is 9.88 Å². The summed E-state index contributed by atoms with van der Waals surface area (Å²) in [5, 5.41) is 3.08. The molecule has 0 aliphatic rings. The second kappa shape index (κ2) is 7.64. The Labute approximate surface area is 122 Å². The number of urea groups is 1. The molecule has 0 unspecified atom stereocenters. The Bertz CT molecular complexity index is 495. The van der Waals surface area contributed by atoms with Gasteiger partial charge in [-0.2, -0.15) is 0 Å². The molecule has 20 heavy (non-hydrogen) atoms. The summed E-state index contributed by atoms with van der Waals surface area (Å²) in [4.78, 5) is 29.8. The molecule has 2 amide bonds. The maximum absolute atomic E-state index is 11.9. The van der Waals surface area contributed by atoms with Crippen LogP contribution in [0.15, 0.2) is 12.7 Å². The fourth-order valence-corrected chi connectivity index (χ4v) is 2.37. The second-order valence-corrected chi connectivity index (χ2v) is 4.92. The number of anilines is 1. The van der Waals surface area contributed by atoms with Crippen LogP contribution in [0.1, 0.15) is 29.2 Å². The van der Waals surface area contributed by atoms with Gasteiger partial charge in [0, 0.05) is 13.1 Å². The second-order valence-electron chi connectivity index (χ2n) is 3.92. The Morgan fingerprint density at radius 2 is 2.10 bits per heavy atom. The van der Waals surface area contributed by atoms with Gasteiger partial charge in [0.2, 0.25) is 0 Å². The van der Waals surface area contributed by atoms with Gasteiger partial charge in [0.1, 0.15) is 11.5 Å². The molecule has 0 saturated carbocycles. The summed E-state index contributed by atoms with van der Waals surface area (Å²) in [7, 11) is 0. The number of amides is 2. The summed E-state index contributed by atoms with van der Waals surface area (Å²) in [6, 6.07) is -0.227. The first-order valence-electron chi connectivity index (χ1n) is 6.34. The van der Waals surface area contributed by atoms with Crippen molar-refractivity contribution in [3.8, 4) is 0 Å². The van der Waals surface area contributed by atoms with Crippen molar-refractivity contribution >= 4 is 28.5 Å². The van der Waals surface area contributed by atoms with Gasteiger partial charge in [-0.05, 0) is 20.8 Å². The van der Waals surface area contributed by atoms with Crippen LogP contribution < -0.4 is 5.32 Å². The first-order chi connectivity index (χ1) is 9.53. The summed E-state index contributed by atoms with van der Waals surface area (Å²) >= 11 is 1.11. The number of rotatable bonds is 6. The smallest absolute Gasteiger partial charge is 0.350 e. The van der Waals surface area contributed by atoms with E-state index in [9.17, 15) is 9.59 Å². The lowest BCUT2D eigenvalue weighted by Crippen LogP contribution is -2.34. The molecule has 6 nitrogen and oxygen atoms in total. The van der Waals surface area contributed by atoms with Crippen LogP contribution in [0, 0.1) is 6.92 Å². The molecule has 1 aromatic heterocycles. The highest BCUT2D eigenvalue weighted by Crippen LogP contribution is 2.23. The number of hydrogen-bond donors (Lipinski definition) is 1. The van der Waals surface area contributed by atoms with Crippen molar-refractivity contribution in [2.75, 3.05) is 25.0 Å². The Morgan fingerprint density at radius 1 is 1.45 bits per heavy atom. The Hall–Kier alpha value is -1.89. The quantitative estimate of drug-likeness (QED) is 0.647. The van der Waals surface area contributed by atoms with E-state index >= 15 is 0 Å². The van der Waals surface area contributed by atoms with E-state index in [2.05, 4.69) is 16.9 Å². The molecule has 7 heteroatoms. The van der Waals surface area contributed by atoms with E-state index in [-0.39, 0.29) is 12.6 Å². The van der Waals surface area contributed by atoms with Crippen LogP contribution in [-0.4, -0.2) is 41.6 Å². The monoisotopic (exact) mass is 297 g/mol. The Balaban J connectivity index is 2.77. The lowest BCUT2D eigenvalue weighted by molar-refractivity contribution is 0.0554. The van der Waals surface area contributed by atoms with Crippen LogP contribution in [0.4, 0.5) is 9.93 Å². The van der Waals surface area contributed by atoms with Gasteiger partial charge in [-0.3, -0.25) is 5.32 Å². The van der Waals surface area contributed by atoms with Crippen molar-refractivity contribution in [1.29, 1.82) is 0 Å². The number of ether oxygens (including phenoxy) is 1. The van der Waals surface area contributed by atoms with Gasteiger partial charge in [-0.1, -0.05) is 24.0 Å². The molecule has 0 aromatic carbocycles. The molecule has 0 aliphatic heterocycles. The minimum atomic E-state index is -0.455. The third-order valence-corrected chi connectivity index (χ3v) is 3.63. The molecule has 0 fully saturated rings. The van der Waals surface area contributed by atoms with Crippen molar-refractivity contribution in [2.45, 2.75) is 20.8 Å². The number of thiazole rings is 1. The summed E-state index contributed by atoms with van der Waals surface area (Å²) in [6.07, 6.45) is 1.50. The largest absolute Gasteiger partial charge is 0.457 e. The zero-order valence-corrected chi connectivity index (χ0v) is 12.7. The van der Waals surface area contributed by atoms with Gasteiger partial charge in [0.25, 0.3) is 0 Å². The number of carbonyl (C=O) groups excluding carboxylic acids is 2. The van der Waals surface area contributed by atoms with E-state index in [4.69, 9.17) is 4.74 Å². The number of carbonyl (C=O) groups is 2. The summed E-state index contributed by atoms with van der Waals surface area (Å²) in [5.74, 6) is -0.455. The Kier molecular flexibility index (Phi) is 6.17. The first kappa shape index (κ1) is 16.2. The number of aryl methyl sites for hydroxylation is 1. The topological polar surface area (TPSA) is 71.5 Å². The number of esters is 1. The van der Waals surface area contributed by atoms with Gasteiger partial charge < -0.3 is 9.64 Å². The molecular formula is C13H19N3O3S. The zero-order valence-electron chi connectivity index (χ0n) is 11.9. The van der Waals surface area contributed by atoms with Crippen molar-refractivity contribution in [3.63, 3.8) is 0 Å². The van der Waals surface area contributed by atoms with Crippen molar-refractivity contribution < 1.29 is 14.3 Å². The van der Waals surface area contributed by atoms with E-state index in [1.807, 2.05) is 13.8 Å². The summed E-state index contributed by atoms with van der Waals surface area (Å²) < 4.78 is 4.96. The lowest BCUT2D eigenvalue weighted by Gasteiger charge is -2.17. The molecule has 1 aromatic rings. The SMILES string of the molecule is C=CCOC(=O)c1sc(NC(=O)N(CC)CC)nc1C. The highest BCUT2D eigenvalue weighted by atomic mass is 32.1. The number of hydrogen-bond acceptors (Lipinski definition) is 5. The van der Waals surface area contributed by atoms with Gasteiger partial charge in [-0.25, -0.2) is 14.6 Å².